The number of carbonyl (C=O) groups is 2. The highest BCUT2D eigenvalue weighted by Crippen LogP contribution is 2.42. The third kappa shape index (κ3) is 14.6. The van der Waals surface area contributed by atoms with E-state index in [-0.39, 0.29) is 40.7 Å². The minimum atomic E-state index is -0.626. The summed E-state index contributed by atoms with van der Waals surface area (Å²) < 4.78 is 8.65. The van der Waals surface area contributed by atoms with Crippen molar-refractivity contribution in [1.29, 1.82) is 10.5 Å². The third-order valence-corrected chi connectivity index (χ3v) is 17.2. The molecule has 0 bridgehead atoms. The van der Waals surface area contributed by atoms with Gasteiger partial charge in [-0.25, -0.2) is 34.7 Å². The summed E-state index contributed by atoms with van der Waals surface area (Å²) in [5.41, 5.74) is 8.50. The van der Waals surface area contributed by atoms with Gasteiger partial charge >= 0.3 is 6.09 Å². The number of piperazine rings is 2. The van der Waals surface area contributed by atoms with Crippen LogP contribution in [0.3, 0.4) is 0 Å². The molecule has 8 aromatic rings. The molecule has 0 N–H and O–H groups in total. The summed E-state index contributed by atoms with van der Waals surface area (Å²) in [4.78, 5) is 95.0. The summed E-state index contributed by atoms with van der Waals surface area (Å²) in [6, 6.07) is 23.9. The fraction of sp³-hybridized carbons (Fsp3) is 0.417. The molecular weight excluding hydrogens is 1240 g/mol. The number of hydrogen-bond donors (Lipinski definition) is 0. The predicted molar refractivity (Wildman–Crippen MR) is 376 cm³/mol. The number of pyridine rings is 4. The van der Waals surface area contributed by atoms with Gasteiger partial charge in [0.1, 0.15) is 52.8 Å². The Morgan fingerprint density at radius 3 is 1.24 bits per heavy atom. The zero-order chi connectivity index (χ0) is 69.1. The first-order valence-corrected chi connectivity index (χ1v) is 32.8. The lowest BCUT2D eigenvalue weighted by atomic mass is 9.99. The van der Waals surface area contributed by atoms with Crippen LogP contribution in [0.1, 0.15) is 145 Å². The molecule has 21 nitrogen and oxygen atoms in total. The molecule has 8 heterocycles. The molecule has 2 fully saturated rings. The largest absolute Gasteiger partial charge is 0.444 e. The Morgan fingerprint density at radius 1 is 0.579 bits per heavy atom. The summed E-state index contributed by atoms with van der Waals surface area (Å²) in [5, 5.41) is 23.1. The zero-order valence-electron chi connectivity index (χ0n) is 57.0. The summed E-state index contributed by atoms with van der Waals surface area (Å²) in [5.74, 6) is -0.374. The van der Waals surface area contributed by atoms with E-state index in [1.165, 1.54) is 27.9 Å². The van der Waals surface area contributed by atoms with E-state index < -0.39 is 22.8 Å². The van der Waals surface area contributed by atoms with E-state index in [2.05, 4.69) is 48.5 Å². The van der Waals surface area contributed by atoms with E-state index in [0.717, 1.165) is 22.3 Å². The fourth-order valence-corrected chi connectivity index (χ4v) is 12.8. The molecule has 0 unspecified atom stereocenters. The van der Waals surface area contributed by atoms with Crippen LogP contribution in [0.5, 0.6) is 0 Å². The van der Waals surface area contributed by atoms with Crippen molar-refractivity contribution in [3.8, 4) is 46.0 Å². The molecule has 2 amide bonds. The maximum atomic E-state index is 14.8. The van der Waals surface area contributed by atoms with Gasteiger partial charge in [-0.2, -0.15) is 10.5 Å². The average Bonchev–Trinajstić information content (AvgIpc) is 0.733. The molecule has 496 valence electrons. The van der Waals surface area contributed by atoms with E-state index in [4.69, 9.17) is 37.9 Å². The second-order valence-electron chi connectivity index (χ2n) is 26.7. The molecule has 0 radical (unpaired) electrons. The van der Waals surface area contributed by atoms with Gasteiger partial charge in [0, 0.05) is 87.3 Å². The van der Waals surface area contributed by atoms with Gasteiger partial charge < -0.3 is 34.1 Å². The minimum Gasteiger partial charge on any atom is -0.444 e. The molecule has 23 heteroatoms. The summed E-state index contributed by atoms with van der Waals surface area (Å²) in [6.45, 7) is 29.6. The SMILES string of the molecule is C=CC(=O)N1CCN(c2c(C#N)c(=O)n(-c3c(C(C)C)ncnc3C(C)C)c3nc(-c4ccccc4CN(C)C)c(Cl)cc23)CC1.CC(C)c1ncnc(C(C)C)c1-n1c(=O)c(C#N)c(N2CCN(C(=O)OC(C)(C)C)CC2)c2cc(Cl)c(-c3ccccc3CN(C)C)nc21. The first-order valence-electron chi connectivity index (χ1n) is 32.0. The Kier molecular flexibility index (Phi) is 21.6. The molecule has 95 heavy (non-hydrogen) atoms. The summed E-state index contributed by atoms with van der Waals surface area (Å²) in [6.07, 6.45) is 3.95. The van der Waals surface area contributed by atoms with Crippen molar-refractivity contribution in [2.45, 2.75) is 119 Å². The second kappa shape index (κ2) is 29.3. The Bertz CT molecular complexity index is 4410. The van der Waals surface area contributed by atoms with E-state index >= 15 is 0 Å². The number of rotatable bonds is 15. The van der Waals surface area contributed by atoms with Crippen molar-refractivity contribution in [3.05, 3.63) is 162 Å². The lowest BCUT2D eigenvalue weighted by Crippen LogP contribution is -2.50. The van der Waals surface area contributed by atoms with Gasteiger partial charge in [-0.1, -0.05) is 134 Å². The van der Waals surface area contributed by atoms with Gasteiger partial charge in [-0.05, 0) is 102 Å². The van der Waals surface area contributed by atoms with Crippen LogP contribution in [0, 0.1) is 22.7 Å². The molecule has 0 aliphatic carbocycles. The maximum Gasteiger partial charge on any atom is 0.410 e. The fourth-order valence-electron chi connectivity index (χ4n) is 12.3. The number of amides is 2. The monoisotopic (exact) mass is 1320 g/mol. The Labute approximate surface area is 565 Å². The van der Waals surface area contributed by atoms with Gasteiger partial charge in [0.15, 0.2) is 0 Å². The lowest BCUT2D eigenvalue weighted by Gasteiger charge is -2.37. The summed E-state index contributed by atoms with van der Waals surface area (Å²) >= 11 is 14.2. The van der Waals surface area contributed by atoms with Crippen LogP contribution >= 0.6 is 23.2 Å². The van der Waals surface area contributed by atoms with Crippen LogP contribution in [0.25, 0.3) is 56.0 Å². The Morgan fingerprint density at radius 2 is 0.926 bits per heavy atom. The van der Waals surface area contributed by atoms with Gasteiger partial charge in [0.05, 0.1) is 67.0 Å². The maximum absolute atomic E-state index is 14.8. The molecule has 2 aliphatic heterocycles. The number of carbonyl (C=O) groups excluding carboxylic acids is 2. The number of halogens is 2. The minimum absolute atomic E-state index is 0.0251. The number of aromatic nitrogens is 8. The van der Waals surface area contributed by atoms with Crippen molar-refractivity contribution < 1.29 is 14.3 Å². The van der Waals surface area contributed by atoms with Crippen molar-refractivity contribution in [2.75, 3.05) is 90.3 Å². The van der Waals surface area contributed by atoms with Crippen molar-refractivity contribution in [1.82, 2.24) is 58.6 Å². The standard InChI is InChI=1S/C37H45ClN8O3.C35H39ClN8O2/c1-22(2)29-33(30(23(3)4)41-21-40-29)46-34-26(18-28(38)31(42-34)25-13-11-10-12-24(25)20-43(8)9)32(27(19-39)35(46)47)44-14-16-45(17-15-44)36(48)49-37(5,6)7;1-8-28(45)42-13-15-43(16-14-42)32-25-17-27(36)31(24-12-10-9-11-23(24)19-41(6)7)40-34(25)44(35(46)26(32)18-37)33-29(21(2)3)38-20-39-30(33)22(4)5/h10-13,18,21-23H,14-17,20H2,1-9H3;8-12,17,20-22H,1,13-16,19H2,2-7H3. The predicted octanol–water partition coefficient (Wildman–Crippen LogP) is 12.2. The quantitative estimate of drug-likeness (QED) is 0.0868. The molecule has 2 saturated heterocycles. The van der Waals surface area contributed by atoms with Crippen LogP contribution < -0.4 is 20.9 Å². The van der Waals surface area contributed by atoms with Gasteiger partial charge in [0.25, 0.3) is 11.1 Å². The van der Waals surface area contributed by atoms with E-state index in [1.807, 2.05) is 175 Å². The van der Waals surface area contributed by atoms with E-state index in [9.17, 15) is 29.7 Å². The molecule has 0 spiro atoms. The Hall–Kier alpha value is -9.12. The third-order valence-electron chi connectivity index (χ3n) is 16.6. The molecule has 0 atom stereocenters. The van der Waals surface area contributed by atoms with Crippen LogP contribution in [0.2, 0.25) is 10.0 Å². The first-order chi connectivity index (χ1) is 45.1. The summed E-state index contributed by atoms with van der Waals surface area (Å²) in [7, 11) is 7.99. The average molecular weight is 1320 g/mol. The van der Waals surface area contributed by atoms with E-state index in [0.29, 0.717) is 154 Å². The first kappa shape index (κ1) is 70.2. The highest BCUT2D eigenvalue weighted by molar-refractivity contribution is 6.34. The molecule has 2 aliphatic rings. The van der Waals surface area contributed by atoms with Crippen LogP contribution in [-0.2, 0) is 22.6 Å². The van der Waals surface area contributed by atoms with Gasteiger partial charge in [-0.15, -0.1) is 0 Å². The molecule has 2 aromatic carbocycles. The smallest absolute Gasteiger partial charge is 0.410 e. The lowest BCUT2D eigenvalue weighted by molar-refractivity contribution is -0.126. The number of hydrogen-bond acceptors (Lipinski definition) is 17. The van der Waals surface area contributed by atoms with Crippen LogP contribution in [-0.4, -0.2) is 157 Å². The number of nitriles is 2. The Balaban J connectivity index is 0.000000224. The topological polar surface area (TPSA) is 232 Å². The number of nitrogens with zero attached hydrogens (tertiary/aromatic N) is 16. The van der Waals surface area contributed by atoms with Crippen LogP contribution in [0.4, 0.5) is 16.2 Å². The van der Waals surface area contributed by atoms with Crippen molar-refractivity contribution in [2.24, 2.45) is 0 Å². The van der Waals surface area contributed by atoms with Gasteiger partial charge in [-0.3, -0.25) is 23.5 Å². The molecule has 10 rings (SSSR count). The molecule has 0 saturated carbocycles. The van der Waals surface area contributed by atoms with Gasteiger partial charge in [0.2, 0.25) is 5.91 Å². The molecule has 6 aromatic heterocycles. The number of anilines is 2. The number of fused-ring (bicyclic) bond motifs is 2. The zero-order valence-corrected chi connectivity index (χ0v) is 58.6. The van der Waals surface area contributed by atoms with Crippen molar-refractivity contribution in [3.63, 3.8) is 0 Å². The number of benzene rings is 2. The second-order valence-corrected chi connectivity index (χ2v) is 27.5. The van der Waals surface area contributed by atoms with Crippen molar-refractivity contribution >= 4 is 68.6 Å². The number of ether oxygens (including phenoxy) is 1. The van der Waals surface area contributed by atoms with E-state index in [1.54, 1.807) is 9.80 Å². The molecular formula is C72H84Cl2N16O5. The highest BCUT2D eigenvalue weighted by Gasteiger charge is 2.35. The normalized spacial score (nSPS) is 13.7. The highest BCUT2D eigenvalue weighted by atomic mass is 35.5. The van der Waals surface area contributed by atoms with Crippen LogP contribution in [0.15, 0.2) is 95.6 Å².